The average molecular weight is 456 g/mol. The lowest BCUT2D eigenvalue weighted by Crippen LogP contribution is -2.27. The van der Waals surface area contributed by atoms with Crippen LogP contribution in [0.3, 0.4) is 0 Å². The minimum absolute atomic E-state index is 0.0544. The van der Waals surface area contributed by atoms with Crippen molar-refractivity contribution in [2.75, 3.05) is 0 Å². The Morgan fingerprint density at radius 2 is 1.41 bits per heavy atom. The first-order valence-electron chi connectivity index (χ1n) is 12.7. The number of benzene rings is 3. The molecule has 0 saturated carbocycles. The number of nitrogens with zero attached hydrogens (tertiary/aromatic N) is 3. The van der Waals surface area contributed by atoms with Gasteiger partial charge in [0.1, 0.15) is 22.5 Å². The monoisotopic (exact) mass is 455 g/mol. The van der Waals surface area contributed by atoms with E-state index in [2.05, 4.69) is 73.4 Å². The summed E-state index contributed by atoms with van der Waals surface area (Å²) in [5.41, 5.74) is 4.77. The fourth-order valence-corrected chi connectivity index (χ4v) is 5.03. The van der Waals surface area contributed by atoms with Gasteiger partial charge in [-0.1, -0.05) is 108 Å². The maximum absolute atomic E-state index is 10.7. The molecule has 0 aliphatic carbocycles. The van der Waals surface area contributed by atoms with Gasteiger partial charge in [0.15, 0.2) is 0 Å². The molecule has 0 aliphatic rings. The highest BCUT2D eigenvalue weighted by Crippen LogP contribution is 2.43. The fraction of sp³-hybridized carbons (Fsp3) is 0.400. The molecule has 0 saturated heterocycles. The lowest BCUT2D eigenvalue weighted by molar-refractivity contribution is 0.375. The number of phenolic OH excluding ortho intramolecular Hbond substituents is 1. The number of fused-ring (bicyclic) bond motifs is 1. The smallest absolute Gasteiger partial charge is 0.143 e. The number of rotatable bonds is 11. The first-order chi connectivity index (χ1) is 16.5. The van der Waals surface area contributed by atoms with E-state index in [0.29, 0.717) is 11.6 Å². The summed E-state index contributed by atoms with van der Waals surface area (Å²) in [7, 11) is 0. The molecule has 1 unspecified atom stereocenters. The summed E-state index contributed by atoms with van der Waals surface area (Å²) in [6.45, 7) is 6.95. The van der Waals surface area contributed by atoms with Crippen molar-refractivity contribution in [1.82, 2.24) is 15.0 Å². The molecule has 3 aromatic carbocycles. The summed E-state index contributed by atoms with van der Waals surface area (Å²) in [6, 6.07) is 24.6. The molecular formula is C30H37N3O. The second kappa shape index (κ2) is 10.9. The quantitative estimate of drug-likeness (QED) is 0.234. The van der Waals surface area contributed by atoms with Gasteiger partial charge in [0.25, 0.3) is 0 Å². The van der Waals surface area contributed by atoms with Crippen LogP contribution in [-0.2, 0) is 5.41 Å². The zero-order chi connectivity index (χ0) is 24.0. The van der Waals surface area contributed by atoms with E-state index in [4.69, 9.17) is 0 Å². The predicted molar refractivity (Wildman–Crippen MR) is 141 cm³/mol. The van der Waals surface area contributed by atoms with Gasteiger partial charge in [0.2, 0.25) is 0 Å². The molecule has 0 spiro atoms. The molecule has 0 fully saturated rings. The SMILES string of the molecule is CCCCCCCCC(c1ccc(O)c(-n2nc3ccccc3n2)c1)C(C)(C)c1ccccc1. The van der Waals surface area contributed by atoms with Gasteiger partial charge in [0, 0.05) is 0 Å². The van der Waals surface area contributed by atoms with Crippen LogP contribution >= 0.6 is 0 Å². The Hall–Kier alpha value is -3.14. The highest BCUT2D eigenvalue weighted by atomic mass is 16.3. The number of hydrogen-bond acceptors (Lipinski definition) is 3. The van der Waals surface area contributed by atoms with Crippen LogP contribution in [0.4, 0.5) is 0 Å². The van der Waals surface area contributed by atoms with E-state index in [-0.39, 0.29) is 11.2 Å². The third-order valence-electron chi connectivity index (χ3n) is 7.14. The van der Waals surface area contributed by atoms with Crippen LogP contribution in [0, 0.1) is 0 Å². The Morgan fingerprint density at radius 3 is 2.09 bits per heavy atom. The molecule has 1 atom stereocenters. The highest BCUT2D eigenvalue weighted by molar-refractivity contribution is 5.73. The van der Waals surface area contributed by atoms with E-state index >= 15 is 0 Å². The zero-order valence-electron chi connectivity index (χ0n) is 20.7. The Kier molecular flexibility index (Phi) is 7.66. The summed E-state index contributed by atoms with van der Waals surface area (Å²) in [5, 5.41) is 19.9. The Balaban J connectivity index is 1.67. The van der Waals surface area contributed by atoms with Crippen LogP contribution in [-0.4, -0.2) is 20.1 Å². The minimum atomic E-state index is -0.0544. The number of aromatic nitrogens is 3. The molecule has 178 valence electrons. The molecule has 0 amide bonds. The molecule has 4 aromatic rings. The Bertz CT molecular complexity index is 1160. The van der Waals surface area contributed by atoms with E-state index < -0.39 is 0 Å². The molecule has 0 radical (unpaired) electrons. The molecule has 4 rings (SSSR count). The molecule has 34 heavy (non-hydrogen) atoms. The van der Waals surface area contributed by atoms with Crippen LogP contribution in [0.15, 0.2) is 72.8 Å². The van der Waals surface area contributed by atoms with E-state index in [9.17, 15) is 5.11 Å². The van der Waals surface area contributed by atoms with Crippen molar-refractivity contribution in [3.8, 4) is 11.4 Å². The predicted octanol–water partition coefficient (Wildman–Crippen LogP) is 7.94. The first-order valence-corrected chi connectivity index (χ1v) is 12.7. The second-order valence-corrected chi connectivity index (χ2v) is 9.92. The van der Waals surface area contributed by atoms with Crippen LogP contribution in [0.1, 0.15) is 82.8 Å². The average Bonchev–Trinajstić information content (AvgIpc) is 3.29. The van der Waals surface area contributed by atoms with Crippen LogP contribution in [0.2, 0.25) is 0 Å². The van der Waals surface area contributed by atoms with Crippen molar-refractivity contribution in [1.29, 1.82) is 0 Å². The van der Waals surface area contributed by atoms with E-state index in [1.165, 1.54) is 49.7 Å². The van der Waals surface area contributed by atoms with Gasteiger partial charge < -0.3 is 5.11 Å². The van der Waals surface area contributed by atoms with Crippen LogP contribution in [0.25, 0.3) is 16.7 Å². The van der Waals surface area contributed by atoms with Crippen molar-refractivity contribution in [3.63, 3.8) is 0 Å². The van der Waals surface area contributed by atoms with Crippen molar-refractivity contribution in [2.24, 2.45) is 0 Å². The molecule has 0 aliphatic heterocycles. The van der Waals surface area contributed by atoms with Crippen molar-refractivity contribution in [2.45, 2.75) is 77.0 Å². The lowest BCUT2D eigenvalue weighted by Gasteiger charge is -2.36. The first kappa shape index (κ1) is 24.0. The number of hydrogen-bond donors (Lipinski definition) is 1. The molecular weight excluding hydrogens is 418 g/mol. The maximum atomic E-state index is 10.7. The number of aromatic hydroxyl groups is 1. The zero-order valence-corrected chi connectivity index (χ0v) is 20.7. The fourth-order valence-electron chi connectivity index (χ4n) is 5.03. The molecule has 1 heterocycles. The normalized spacial score (nSPS) is 12.8. The molecule has 0 bridgehead atoms. The molecule has 4 heteroatoms. The molecule has 1 aromatic heterocycles. The van der Waals surface area contributed by atoms with Crippen LogP contribution < -0.4 is 0 Å². The van der Waals surface area contributed by atoms with Crippen LogP contribution in [0.5, 0.6) is 5.75 Å². The van der Waals surface area contributed by atoms with Gasteiger partial charge in [-0.15, -0.1) is 15.0 Å². The van der Waals surface area contributed by atoms with Gasteiger partial charge >= 0.3 is 0 Å². The molecule has 4 nitrogen and oxygen atoms in total. The maximum Gasteiger partial charge on any atom is 0.143 e. The van der Waals surface area contributed by atoms with Gasteiger partial charge in [-0.3, -0.25) is 0 Å². The largest absolute Gasteiger partial charge is 0.506 e. The Labute approximate surface area is 203 Å². The van der Waals surface area contributed by atoms with Gasteiger partial charge in [-0.2, -0.15) is 0 Å². The third kappa shape index (κ3) is 5.32. The third-order valence-corrected chi connectivity index (χ3v) is 7.14. The lowest BCUT2D eigenvalue weighted by atomic mass is 9.68. The number of phenols is 1. The van der Waals surface area contributed by atoms with Crippen molar-refractivity contribution < 1.29 is 5.11 Å². The summed E-state index contributed by atoms with van der Waals surface area (Å²) in [5.74, 6) is 0.505. The number of unbranched alkanes of at least 4 members (excludes halogenated alkanes) is 5. The van der Waals surface area contributed by atoms with Crippen molar-refractivity contribution >= 4 is 11.0 Å². The summed E-state index contributed by atoms with van der Waals surface area (Å²) < 4.78 is 0. The van der Waals surface area contributed by atoms with E-state index in [0.717, 1.165) is 17.5 Å². The topological polar surface area (TPSA) is 50.9 Å². The van der Waals surface area contributed by atoms with Crippen molar-refractivity contribution in [3.05, 3.63) is 83.9 Å². The second-order valence-electron chi connectivity index (χ2n) is 9.92. The molecule has 1 N–H and O–H groups in total. The summed E-state index contributed by atoms with van der Waals surface area (Å²) in [4.78, 5) is 1.57. The Morgan fingerprint density at radius 1 is 0.794 bits per heavy atom. The van der Waals surface area contributed by atoms with E-state index in [1.54, 1.807) is 10.9 Å². The van der Waals surface area contributed by atoms with Gasteiger partial charge in [-0.05, 0) is 53.1 Å². The summed E-state index contributed by atoms with van der Waals surface area (Å²) in [6.07, 6.45) is 8.79. The van der Waals surface area contributed by atoms with Gasteiger partial charge in [0.05, 0.1) is 0 Å². The van der Waals surface area contributed by atoms with Gasteiger partial charge in [-0.25, -0.2) is 0 Å². The standard InChI is InChI=1S/C30H37N3O/c1-4-5-6-7-8-12-17-25(30(2,3)24-15-10-9-11-16-24)23-20-21-29(34)28(22-23)33-31-26-18-13-14-19-27(26)32-33/h9-11,13-16,18-22,25,34H,4-8,12,17H2,1-3H3. The minimum Gasteiger partial charge on any atom is -0.506 e. The summed E-state index contributed by atoms with van der Waals surface area (Å²) >= 11 is 0. The van der Waals surface area contributed by atoms with E-state index in [1.807, 2.05) is 24.3 Å². The highest BCUT2D eigenvalue weighted by Gasteiger charge is 2.32.